The molecule has 2 aliphatic heterocycles. The van der Waals surface area contributed by atoms with Gasteiger partial charge >= 0.3 is 11.9 Å². The quantitative estimate of drug-likeness (QED) is 0.103. The fourth-order valence-electron chi connectivity index (χ4n) is 7.93. The van der Waals surface area contributed by atoms with Crippen LogP contribution in [0.4, 0.5) is 0 Å². The van der Waals surface area contributed by atoms with E-state index in [0.717, 1.165) is 65.0 Å². The second-order valence-corrected chi connectivity index (χ2v) is 13.3. The smallest absolute Gasteiger partial charge is 0.331 e. The van der Waals surface area contributed by atoms with Gasteiger partial charge in [0.25, 0.3) is 0 Å². The van der Waals surface area contributed by atoms with Gasteiger partial charge in [-0.2, -0.15) is 0 Å². The number of carbonyl (C=O) groups excluding carboxylic acids is 2. The molecule has 2 aliphatic rings. The minimum Gasteiger partial charge on any atom is -0.462 e. The van der Waals surface area contributed by atoms with E-state index in [1.54, 1.807) is 0 Å². The molecule has 6 rings (SSSR count). The van der Waals surface area contributed by atoms with Crippen molar-refractivity contribution in [1.82, 2.24) is 18.9 Å². The zero-order valence-corrected chi connectivity index (χ0v) is 28.3. The Kier molecular flexibility index (Phi) is 10.6. The summed E-state index contributed by atoms with van der Waals surface area (Å²) in [6, 6.07) is 30.2. The molecule has 4 heterocycles. The number of benzene rings is 2. The van der Waals surface area contributed by atoms with E-state index >= 15 is 0 Å². The van der Waals surface area contributed by atoms with Crippen molar-refractivity contribution in [2.45, 2.75) is 36.5 Å². The highest BCUT2D eigenvalue weighted by atomic mass is 16.5. The number of nitrogens with zero attached hydrogens (tertiary/aromatic N) is 4. The number of ether oxygens (including phenoxy) is 2. The number of rotatable bonds is 14. The van der Waals surface area contributed by atoms with Crippen LogP contribution in [0, 0.1) is 0 Å². The van der Waals surface area contributed by atoms with Crippen LogP contribution in [0.2, 0.25) is 0 Å². The molecular formula is C40H48N4O4. The van der Waals surface area contributed by atoms with Crippen molar-refractivity contribution < 1.29 is 19.1 Å². The molecule has 2 aromatic heterocycles. The first-order chi connectivity index (χ1) is 23.4. The molecule has 0 spiro atoms. The Balaban J connectivity index is 0.893. The summed E-state index contributed by atoms with van der Waals surface area (Å²) >= 11 is 0. The molecule has 48 heavy (non-hydrogen) atoms. The Hall–Kier alpha value is -4.40. The summed E-state index contributed by atoms with van der Waals surface area (Å²) in [5.74, 6) is -1.04. The number of esters is 2. The first-order valence-corrected chi connectivity index (χ1v) is 17.2. The van der Waals surface area contributed by atoms with E-state index < -0.39 is 11.9 Å². The molecule has 2 atom stereocenters. The van der Waals surface area contributed by atoms with Crippen molar-refractivity contribution in [2.24, 2.45) is 14.1 Å². The number of aryl methyl sites for hydroxylation is 2. The van der Waals surface area contributed by atoms with Crippen LogP contribution in [0.25, 0.3) is 0 Å². The molecule has 8 heteroatoms. The normalized spacial score (nSPS) is 21.6. The molecule has 252 valence electrons. The highest BCUT2D eigenvalue weighted by molar-refractivity contribution is 5.91. The van der Waals surface area contributed by atoms with Gasteiger partial charge < -0.3 is 28.4 Å². The van der Waals surface area contributed by atoms with E-state index in [2.05, 4.69) is 130 Å². The van der Waals surface area contributed by atoms with Gasteiger partial charge in [-0.3, -0.25) is 0 Å². The summed E-state index contributed by atoms with van der Waals surface area (Å²) in [7, 11) is 4.23. The van der Waals surface area contributed by atoms with Gasteiger partial charge in [-0.15, -0.1) is 0 Å². The van der Waals surface area contributed by atoms with E-state index in [1.165, 1.54) is 34.7 Å². The molecule has 4 aromatic rings. The maximum Gasteiger partial charge on any atom is 0.331 e. The number of likely N-dealkylation sites (tertiary alicyclic amines) is 2. The molecule has 0 bridgehead atoms. The van der Waals surface area contributed by atoms with Crippen molar-refractivity contribution in [3.05, 3.63) is 132 Å². The van der Waals surface area contributed by atoms with Crippen molar-refractivity contribution in [3.63, 3.8) is 0 Å². The third kappa shape index (κ3) is 7.35. The molecule has 0 amide bonds. The number of carbonyl (C=O) groups is 2. The molecule has 2 fully saturated rings. The van der Waals surface area contributed by atoms with Crippen molar-refractivity contribution in [1.29, 1.82) is 0 Å². The summed E-state index contributed by atoms with van der Waals surface area (Å²) in [5.41, 5.74) is 5.21. The first-order valence-electron chi connectivity index (χ1n) is 17.2. The number of aromatic nitrogens is 2. The lowest BCUT2D eigenvalue weighted by Crippen LogP contribution is -2.34. The summed E-state index contributed by atoms with van der Waals surface area (Å²) in [5, 5.41) is 0. The monoisotopic (exact) mass is 648 g/mol. The van der Waals surface area contributed by atoms with Crippen molar-refractivity contribution in [3.8, 4) is 0 Å². The predicted octanol–water partition coefficient (Wildman–Crippen LogP) is 5.47. The Morgan fingerprint density at radius 3 is 1.42 bits per heavy atom. The van der Waals surface area contributed by atoms with Gasteiger partial charge in [-0.05, 0) is 74.2 Å². The fraction of sp³-hybridized carbons (Fsp3) is 0.400. The molecule has 2 aromatic carbocycles. The summed E-state index contributed by atoms with van der Waals surface area (Å²) in [6.45, 7) is 6.11. The van der Waals surface area contributed by atoms with Crippen LogP contribution in [0.15, 0.2) is 109 Å². The zero-order chi connectivity index (χ0) is 33.4. The van der Waals surface area contributed by atoms with Crippen LogP contribution in [0.1, 0.15) is 48.2 Å². The average Bonchev–Trinajstić information content (AvgIpc) is 3.93. The second kappa shape index (κ2) is 15.2. The molecule has 2 saturated heterocycles. The molecule has 0 radical (unpaired) electrons. The van der Waals surface area contributed by atoms with Gasteiger partial charge in [0, 0.05) is 87.0 Å². The summed E-state index contributed by atoms with van der Waals surface area (Å²) < 4.78 is 15.2. The van der Waals surface area contributed by atoms with E-state index in [9.17, 15) is 9.59 Å². The standard InChI is InChI=1S/C40H48N4O4/c1-41-23-9-17-35(41)39(33-13-5-3-6-14-33)21-27-43(31-39)25-11-29-47-37(45)19-20-38(46)48-30-12-26-44-28-22-40(32-44,34-15-7-4-8-16-34)36-18-10-24-42(36)2/h3-10,13-20,23-24H,11-12,21-22,25-32H2,1-2H3/b20-19+. The summed E-state index contributed by atoms with van der Waals surface area (Å²) in [4.78, 5) is 29.5. The van der Waals surface area contributed by atoms with Crippen LogP contribution in [-0.2, 0) is 44.0 Å². The molecule has 8 nitrogen and oxygen atoms in total. The lowest BCUT2D eigenvalue weighted by molar-refractivity contribution is -0.140. The van der Waals surface area contributed by atoms with E-state index in [1.807, 2.05) is 0 Å². The minimum absolute atomic E-state index is 0.0531. The van der Waals surface area contributed by atoms with Gasteiger partial charge in [-0.1, -0.05) is 60.7 Å². The maximum atomic E-state index is 12.3. The third-order valence-electron chi connectivity index (χ3n) is 10.3. The van der Waals surface area contributed by atoms with Crippen LogP contribution in [0.5, 0.6) is 0 Å². The highest BCUT2D eigenvalue weighted by Crippen LogP contribution is 2.42. The SMILES string of the molecule is Cn1cccc1C1(c2ccccc2)CCN(CCCOC(=O)/C=C/C(=O)OCCCN2CCC(c3ccccc3)(c3cccn3C)C2)C1. The van der Waals surface area contributed by atoms with E-state index in [4.69, 9.17) is 9.47 Å². The van der Waals surface area contributed by atoms with Gasteiger partial charge in [0.05, 0.1) is 13.2 Å². The zero-order valence-electron chi connectivity index (χ0n) is 28.3. The molecule has 2 unspecified atom stereocenters. The lowest BCUT2D eigenvalue weighted by atomic mass is 9.76. The fourth-order valence-corrected chi connectivity index (χ4v) is 7.93. The van der Waals surface area contributed by atoms with Gasteiger partial charge in [0.15, 0.2) is 0 Å². The summed E-state index contributed by atoms with van der Waals surface area (Å²) in [6.07, 6.45) is 10.1. The van der Waals surface area contributed by atoms with Gasteiger partial charge in [-0.25, -0.2) is 9.59 Å². The Morgan fingerprint density at radius 1 is 0.625 bits per heavy atom. The number of hydrogen-bond donors (Lipinski definition) is 0. The average molecular weight is 649 g/mol. The van der Waals surface area contributed by atoms with Crippen LogP contribution in [-0.4, -0.2) is 83.4 Å². The second-order valence-electron chi connectivity index (χ2n) is 13.3. The Labute approximate surface area is 284 Å². The van der Waals surface area contributed by atoms with Crippen LogP contribution < -0.4 is 0 Å². The Morgan fingerprint density at radius 2 is 1.04 bits per heavy atom. The van der Waals surface area contributed by atoms with E-state index in [0.29, 0.717) is 13.2 Å². The third-order valence-corrected chi connectivity index (χ3v) is 10.3. The first kappa shape index (κ1) is 33.5. The van der Waals surface area contributed by atoms with Crippen molar-refractivity contribution in [2.75, 3.05) is 52.5 Å². The number of hydrogen-bond acceptors (Lipinski definition) is 6. The Bertz CT molecular complexity index is 1560. The highest BCUT2D eigenvalue weighted by Gasteiger charge is 2.43. The lowest BCUT2D eigenvalue weighted by Gasteiger charge is -2.31. The molecule has 0 saturated carbocycles. The van der Waals surface area contributed by atoms with Crippen LogP contribution in [0.3, 0.4) is 0 Å². The molecular weight excluding hydrogens is 600 g/mol. The molecule has 0 N–H and O–H groups in total. The van der Waals surface area contributed by atoms with Crippen LogP contribution >= 0.6 is 0 Å². The topological polar surface area (TPSA) is 68.9 Å². The molecule has 0 aliphatic carbocycles. The van der Waals surface area contributed by atoms with Gasteiger partial charge in [0.2, 0.25) is 0 Å². The minimum atomic E-state index is -0.522. The van der Waals surface area contributed by atoms with E-state index in [-0.39, 0.29) is 10.8 Å². The largest absolute Gasteiger partial charge is 0.462 e. The van der Waals surface area contributed by atoms with Crippen molar-refractivity contribution >= 4 is 11.9 Å². The van der Waals surface area contributed by atoms with Gasteiger partial charge in [0.1, 0.15) is 0 Å². The predicted molar refractivity (Wildman–Crippen MR) is 188 cm³/mol. The maximum absolute atomic E-state index is 12.3.